The molecule has 8 heteroatoms. The van der Waals surface area contributed by atoms with Crippen LogP contribution in [-0.2, 0) is 25.6 Å². The van der Waals surface area contributed by atoms with E-state index >= 15 is 0 Å². The van der Waals surface area contributed by atoms with Gasteiger partial charge in [-0.25, -0.2) is 40.0 Å². The molecule has 1 fully saturated rings. The van der Waals surface area contributed by atoms with Crippen LogP contribution in [0.4, 0.5) is 0 Å². The van der Waals surface area contributed by atoms with Crippen LogP contribution in [0.15, 0.2) is 70.6 Å². The molecule has 2 unspecified atom stereocenters. The molecule has 1 aliphatic carbocycles. The SMILES string of the molecule is CC1(C)CC(N=C=O)CC(C)(CN=C=O)C1.N=C=O.N=C=O.c1ccc(Cc2ccccc2)cc1. The lowest BCUT2D eigenvalue weighted by atomic mass is 9.63. The highest BCUT2D eigenvalue weighted by atomic mass is 16.1. The molecule has 0 amide bonds. The molecular weight excluding hydrogens is 444 g/mol. The summed E-state index contributed by atoms with van der Waals surface area (Å²) in [7, 11) is 0. The molecule has 0 spiro atoms. The minimum atomic E-state index is -0.0653. The topological polar surface area (TPSA) is 141 Å². The number of aliphatic imine (C=N–C) groups is 2. The van der Waals surface area contributed by atoms with E-state index in [1.165, 1.54) is 11.1 Å². The molecule has 2 N–H and O–H groups in total. The second-order valence-corrected chi connectivity index (χ2v) is 9.19. The standard InChI is InChI=1S/C13H12.C12H18N2O2.2CHNO/c1-3-7-12(8-4-1)11-13-9-5-2-6-10-13;1-11(2)4-10(14-9-16)5-12(3,6-11)7-13-8-15;2*2-1-3/h1-10H,11H2;10H,4-7H2,1-3H3;2*2H. The van der Waals surface area contributed by atoms with Crippen LogP contribution in [-0.4, -0.2) is 36.9 Å². The predicted molar refractivity (Wildman–Crippen MR) is 133 cm³/mol. The van der Waals surface area contributed by atoms with Crippen molar-refractivity contribution < 1.29 is 19.2 Å². The second kappa shape index (κ2) is 17.4. The molecule has 0 radical (unpaired) electrons. The first-order valence-electron chi connectivity index (χ1n) is 11.0. The zero-order valence-corrected chi connectivity index (χ0v) is 20.4. The minimum Gasteiger partial charge on any atom is -0.222 e. The van der Waals surface area contributed by atoms with Crippen LogP contribution in [0.5, 0.6) is 0 Å². The molecule has 0 aliphatic heterocycles. The van der Waals surface area contributed by atoms with Gasteiger partial charge in [-0.3, -0.25) is 0 Å². The normalized spacial score (nSPS) is 18.9. The summed E-state index contributed by atoms with van der Waals surface area (Å²) in [6, 6.07) is 21.1. The highest BCUT2D eigenvalue weighted by Crippen LogP contribution is 2.47. The van der Waals surface area contributed by atoms with E-state index in [2.05, 4.69) is 91.4 Å². The molecule has 0 saturated heterocycles. The molecule has 0 bridgehead atoms. The van der Waals surface area contributed by atoms with Crippen LogP contribution in [0, 0.1) is 21.6 Å². The van der Waals surface area contributed by atoms with E-state index < -0.39 is 0 Å². The van der Waals surface area contributed by atoms with Gasteiger partial charge >= 0.3 is 0 Å². The van der Waals surface area contributed by atoms with E-state index in [1.54, 1.807) is 12.2 Å². The molecule has 2 aromatic rings. The summed E-state index contributed by atoms with van der Waals surface area (Å²) in [6.45, 7) is 6.86. The van der Waals surface area contributed by atoms with Gasteiger partial charge in [-0.05, 0) is 47.6 Å². The molecule has 8 nitrogen and oxygen atoms in total. The average molecular weight is 477 g/mol. The Balaban J connectivity index is 0.000000545. The van der Waals surface area contributed by atoms with Gasteiger partial charge in [-0.1, -0.05) is 81.4 Å². The van der Waals surface area contributed by atoms with Gasteiger partial charge < -0.3 is 0 Å². The van der Waals surface area contributed by atoms with Gasteiger partial charge in [0, 0.05) is 0 Å². The largest absolute Gasteiger partial charge is 0.235 e. The van der Waals surface area contributed by atoms with E-state index in [0.717, 1.165) is 37.8 Å². The van der Waals surface area contributed by atoms with Crippen LogP contribution in [0.1, 0.15) is 51.2 Å². The third-order valence-corrected chi connectivity index (χ3v) is 5.28. The Bertz CT molecular complexity index is 982. The number of isocyanates is 4. The van der Waals surface area contributed by atoms with Crippen molar-refractivity contribution in [2.75, 3.05) is 6.54 Å². The zero-order chi connectivity index (χ0) is 26.6. The smallest absolute Gasteiger partial charge is 0.222 e. The number of hydrogen-bond donors (Lipinski definition) is 2. The fraction of sp³-hybridized carbons (Fsp3) is 0.407. The Hall–Kier alpha value is -4.04. The molecule has 184 valence electrons. The lowest BCUT2D eigenvalue weighted by Crippen LogP contribution is -2.39. The second-order valence-electron chi connectivity index (χ2n) is 9.19. The number of nitrogens with one attached hydrogen (secondary N) is 2. The Morgan fingerprint density at radius 2 is 1.26 bits per heavy atom. The van der Waals surface area contributed by atoms with Crippen LogP contribution in [0.25, 0.3) is 0 Å². The van der Waals surface area contributed by atoms with Crippen molar-refractivity contribution in [1.29, 1.82) is 10.8 Å². The first-order chi connectivity index (χ1) is 16.7. The van der Waals surface area contributed by atoms with E-state index in [-0.39, 0.29) is 16.9 Å². The third kappa shape index (κ3) is 14.7. The molecule has 1 saturated carbocycles. The third-order valence-electron chi connectivity index (χ3n) is 5.28. The maximum atomic E-state index is 10.3. The highest BCUT2D eigenvalue weighted by Gasteiger charge is 2.41. The van der Waals surface area contributed by atoms with Gasteiger partial charge in [0.2, 0.25) is 24.3 Å². The maximum absolute atomic E-state index is 10.3. The first-order valence-corrected chi connectivity index (χ1v) is 11.0. The monoisotopic (exact) mass is 476 g/mol. The van der Waals surface area contributed by atoms with Crippen LogP contribution in [0.2, 0.25) is 0 Å². The quantitative estimate of drug-likeness (QED) is 0.445. The molecule has 0 heterocycles. The fourth-order valence-electron chi connectivity index (χ4n) is 4.52. The number of nitrogens with zero attached hydrogens (tertiary/aromatic N) is 2. The average Bonchev–Trinajstić information content (AvgIpc) is 2.80. The fourth-order valence-corrected chi connectivity index (χ4v) is 4.52. The molecule has 35 heavy (non-hydrogen) atoms. The summed E-state index contributed by atoms with van der Waals surface area (Å²) < 4.78 is 0. The molecule has 0 aromatic heterocycles. The van der Waals surface area contributed by atoms with E-state index in [4.69, 9.17) is 20.4 Å². The maximum Gasteiger partial charge on any atom is 0.235 e. The highest BCUT2D eigenvalue weighted by molar-refractivity contribution is 5.34. The van der Waals surface area contributed by atoms with Gasteiger partial charge in [0.1, 0.15) is 0 Å². The van der Waals surface area contributed by atoms with E-state index in [9.17, 15) is 9.59 Å². The molecular formula is C27H32N4O4. The molecule has 2 atom stereocenters. The van der Waals surface area contributed by atoms with Crippen LogP contribution < -0.4 is 0 Å². The first kappa shape index (κ1) is 31.0. The Labute approximate surface area is 206 Å². The summed E-state index contributed by atoms with van der Waals surface area (Å²) in [6.07, 6.45) is 8.41. The summed E-state index contributed by atoms with van der Waals surface area (Å²) in [5.41, 5.74) is 2.79. The van der Waals surface area contributed by atoms with Gasteiger partial charge in [-0.15, -0.1) is 0 Å². The van der Waals surface area contributed by atoms with Gasteiger partial charge in [0.05, 0.1) is 12.6 Å². The van der Waals surface area contributed by atoms with E-state index in [1.807, 2.05) is 0 Å². The number of benzene rings is 2. The molecule has 2 aromatic carbocycles. The Kier molecular flexibility index (Phi) is 15.4. The van der Waals surface area contributed by atoms with Crippen molar-refractivity contribution in [2.24, 2.45) is 20.8 Å². The van der Waals surface area contributed by atoms with Crippen molar-refractivity contribution in [3.8, 4) is 0 Å². The molecule has 1 aliphatic rings. The van der Waals surface area contributed by atoms with E-state index in [0.29, 0.717) is 6.54 Å². The lowest BCUT2D eigenvalue weighted by molar-refractivity contribution is 0.0915. The minimum absolute atomic E-state index is 0.00750. The number of hydrogen-bond acceptors (Lipinski definition) is 8. The summed E-state index contributed by atoms with van der Waals surface area (Å²) in [4.78, 5) is 44.7. The van der Waals surface area contributed by atoms with Crippen molar-refractivity contribution >= 4 is 24.3 Å². The van der Waals surface area contributed by atoms with Gasteiger partial charge in [-0.2, -0.15) is 0 Å². The van der Waals surface area contributed by atoms with Gasteiger partial charge in [0.15, 0.2) is 0 Å². The predicted octanol–water partition coefficient (Wildman–Crippen LogP) is 5.32. The zero-order valence-electron chi connectivity index (χ0n) is 20.4. The Morgan fingerprint density at radius 1 is 0.800 bits per heavy atom. The number of rotatable bonds is 5. The summed E-state index contributed by atoms with van der Waals surface area (Å²) in [5.74, 6) is 0. The number of carbonyl (C=O) groups excluding carboxylic acids is 4. The lowest BCUT2D eigenvalue weighted by Gasteiger charge is -2.44. The van der Waals surface area contributed by atoms with Gasteiger partial charge in [0.25, 0.3) is 0 Å². The summed E-state index contributed by atoms with van der Waals surface area (Å²) in [5, 5.41) is 10.8. The van der Waals surface area contributed by atoms with Crippen molar-refractivity contribution in [2.45, 2.75) is 52.5 Å². The Morgan fingerprint density at radius 3 is 1.66 bits per heavy atom. The molecule has 3 rings (SSSR count). The van der Waals surface area contributed by atoms with Crippen molar-refractivity contribution in [3.05, 3.63) is 71.8 Å². The van der Waals surface area contributed by atoms with Crippen molar-refractivity contribution in [1.82, 2.24) is 0 Å². The summed E-state index contributed by atoms with van der Waals surface area (Å²) >= 11 is 0. The van der Waals surface area contributed by atoms with Crippen LogP contribution >= 0.6 is 0 Å². The van der Waals surface area contributed by atoms with Crippen molar-refractivity contribution in [3.63, 3.8) is 0 Å². The van der Waals surface area contributed by atoms with Crippen LogP contribution in [0.3, 0.4) is 0 Å².